The van der Waals surface area contributed by atoms with E-state index in [0.717, 1.165) is 24.6 Å². The van der Waals surface area contributed by atoms with Gasteiger partial charge in [0.15, 0.2) is 5.82 Å². The van der Waals surface area contributed by atoms with Gasteiger partial charge in [-0.3, -0.25) is 9.47 Å². The van der Waals surface area contributed by atoms with Crippen LogP contribution in [0, 0.1) is 17.1 Å². The van der Waals surface area contributed by atoms with Crippen LogP contribution in [-0.2, 0) is 0 Å². The normalized spacial score (nSPS) is 15.8. The van der Waals surface area contributed by atoms with Crippen molar-refractivity contribution in [2.75, 3.05) is 13.1 Å². The van der Waals surface area contributed by atoms with Gasteiger partial charge in [-0.1, -0.05) is 6.42 Å². The number of pyridine rings is 1. The van der Waals surface area contributed by atoms with E-state index in [1.165, 1.54) is 43.2 Å². The lowest BCUT2D eigenvalue weighted by Crippen LogP contribution is -2.33. The Balaban J connectivity index is 1.76. The molecule has 0 bridgehead atoms. The molecule has 0 N–H and O–H groups in total. The smallest absolute Gasteiger partial charge is 0.202 e. The monoisotopic (exact) mass is 408 g/mol. The van der Waals surface area contributed by atoms with Crippen molar-refractivity contribution in [2.45, 2.75) is 42.4 Å². The molecule has 1 aliphatic rings. The van der Waals surface area contributed by atoms with Gasteiger partial charge in [0.05, 0.1) is 11.6 Å². The number of likely N-dealkylation sites (tertiary alicyclic amines) is 1. The summed E-state index contributed by atoms with van der Waals surface area (Å²) in [7, 11) is 0. The van der Waals surface area contributed by atoms with Crippen LogP contribution < -0.4 is 0 Å². The lowest BCUT2D eigenvalue weighted by Gasteiger charge is -2.31. The molecule has 0 aliphatic carbocycles. The van der Waals surface area contributed by atoms with Crippen molar-refractivity contribution in [3.63, 3.8) is 0 Å². The second-order valence-corrected chi connectivity index (χ2v) is 7.95. The molecule has 0 amide bonds. The highest BCUT2D eigenvalue weighted by Crippen LogP contribution is 2.33. The topological polar surface area (TPSA) is 70.6 Å². The Morgan fingerprint density at radius 3 is 2.59 bits per heavy atom. The van der Waals surface area contributed by atoms with E-state index >= 15 is 0 Å². The molecule has 1 atom stereocenters. The van der Waals surface area contributed by atoms with E-state index in [0.29, 0.717) is 15.7 Å². The third-order valence-corrected chi connectivity index (χ3v) is 6.10. The van der Waals surface area contributed by atoms with E-state index in [4.69, 9.17) is 0 Å². The molecule has 148 valence electrons. The summed E-state index contributed by atoms with van der Waals surface area (Å²) in [5.41, 5.74) is 1.27. The third-order valence-electron chi connectivity index (χ3n) is 5.13. The summed E-state index contributed by atoms with van der Waals surface area (Å²) in [6.45, 7) is 4.18. The van der Waals surface area contributed by atoms with Crippen molar-refractivity contribution in [2.24, 2.45) is 0 Å². The van der Waals surface area contributed by atoms with Gasteiger partial charge < -0.3 is 0 Å². The molecule has 6 nitrogen and oxygen atoms in total. The summed E-state index contributed by atoms with van der Waals surface area (Å²) < 4.78 is 15.5. The maximum absolute atomic E-state index is 13.5. The molecule has 8 heteroatoms. The largest absolute Gasteiger partial charge is 0.294 e. The number of benzene rings is 1. The first-order chi connectivity index (χ1) is 14.2. The van der Waals surface area contributed by atoms with Crippen LogP contribution in [0.1, 0.15) is 43.6 Å². The minimum Gasteiger partial charge on any atom is -0.294 e. The average molecular weight is 409 g/mol. The molecule has 1 saturated heterocycles. The summed E-state index contributed by atoms with van der Waals surface area (Å²) >= 11 is 1.29. The Labute approximate surface area is 173 Å². The number of nitrogens with zero attached hydrogens (tertiary/aromatic N) is 6. The van der Waals surface area contributed by atoms with Gasteiger partial charge in [0.2, 0.25) is 5.16 Å². The molecule has 1 aliphatic heterocycles. The highest BCUT2D eigenvalue weighted by atomic mass is 32.2. The van der Waals surface area contributed by atoms with Crippen molar-refractivity contribution < 1.29 is 4.39 Å². The van der Waals surface area contributed by atoms with Crippen LogP contribution in [0.5, 0.6) is 0 Å². The van der Waals surface area contributed by atoms with Crippen LogP contribution in [0.15, 0.2) is 52.8 Å². The molecule has 0 unspecified atom stereocenters. The van der Waals surface area contributed by atoms with Crippen molar-refractivity contribution >= 4 is 11.8 Å². The van der Waals surface area contributed by atoms with Crippen molar-refractivity contribution in [3.8, 4) is 11.8 Å². The van der Waals surface area contributed by atoms with Crippen LogP contribution in [0.25, 0.3) is 5.69 Å². The fourth-order valence-electron chi connectivity index (χ4n) is 3.56. The van der Waals surface area contributed by atoms with Gasteiger partial charge in [-0.05, 0) is 81.0 Å². The zero-order valence-corrected chi connectivity index (χ0v) is 16.9. The lowest BCUT2D eigenvalue weighted by molar-refractivity contribution is 0.167. The average Bonchev–Trinajstić information content (AvgIpc) is 3.18. The minimum atomic E-state index is -0.293. The molecule has 0 radical (unpaired) electrons. The summed E-state index contributed by atoms with van der Waals surface area (Å²) in [6.07, 6.45) is 5.26. The summed E-state index contributed by atoms with van der Waals surface area (Å²) in [6, 6.07) is 12.0. The molecule has 1 aromatic carbocycles. The van der Waals surface area contributed by atoms with E-state index in [1.807, 2.05) is 4.57 Å². The van der Waals surface area contributed by atoms with Crippen LogP contribution in [0.4, 0.5) is 4.39 Å². The third kappa shape index (κ3) is 4.16. The Kier molecular flexibility index (Phi) is 5.88. The van der Waals surface area contributed by atoms with Gasteiger partial charge in [0, 0.05) is 11.9 Å². The summed E-state index contributed by atoms with van der Waals surface area (Å²) in [5.74, 6) is 0.508. The van der Waals surface area contributed by atoms with E-state index in [-0.39, 0.29) is 11.9 Å². The molecule has 0 saturated carbocycles. The molecule has 3 aromatic rings. The molecule has 2 aromatic heterocycles. The van der Waals surface area contributed by atoms with Crippen LogP contribution in [0.3, 0.4) is 0 Å². The number of rotatable bonds is 5. The number of aromatic nitrogens is 4. The van der Waals surface area contributed by atoms with Gasteiger partial charge in [-0.15, -0.1) is 10.2 Å². The molecular weight excluding hydrogens is 387 g/mol. The first-order valence-corrected chi connectivity index (χ1v) is 10.5. The minimum absolute atomic E-state index is 0.0707. The maximum atomic E-state index is 13.5. The van der Waals surface area contributed by atoms with Gasteiger partial charge in [0.25, 0.3) is 0 Å². The van der Waals surface area contributed by atoms with E-state index in [2.05, 4.69) is 33.1 Å². The molecule has 0 spiro atoms. The number of hydrogen-bond acceptors (Lipinski definition) is 6. The highest BCUT2D eigenvalue weighted by Gasteiger charge is 2.26. The SMILES string of the molecule is C[C@@H](c1nnc(Sc2ncccc2C#N)n1-c1ccc(F)cc1)N1CCCCC1. The summed E-state index contributed by atoms with van der Waals surface area (Å²) in [5, 5.41) is 19.5. The first kappa shape index (κ1) is 19.6. The van der Waals surface area contributed by atoms with Crippen LogP contribution in [0.2, 0.25) is 0 Å². The van der Waals surface area contributed by atoms with Crippen LogP contribution in [-0.4, -0.2) is 37.7 Å². The zero-order chi connectivity index (χ0) is 20.2. The Morgan fingerprint density at radius 2 is 1.86 bits per heavy atom. The molecule has 1 fully saturated rings. The highest BCUT2D eigenvalue weighted by molar-refractivity contribution is 7.99. The summed E-state index contributed by atoms with van der Waals surface area (Å²) in [4.78, 5) is 6.73. The van der Waals surface area contributed by atoms with Crippen LogP contribution >= 0.6 is 11.8 Å². The zero-order valence-electron chi connectivity index (χ0n) is 16.1. The second kappa shape index (κ2) is 8.72. The van der Waals surface area contributed by atoms with Gasteiger partial charge in [-0.25, -0.2) is 9.37 Å². The molecule has 3 heterocycles. The predicted octanol–water partition coefficient (Wildman–Crippen LogP) is 4.37. The lowest BCUT2D eigenvalue weighted by atomic mass is 10.1. The van der Waals surface area contributed by atoms with Gasteiger partial charge in [0.1, 0.15) is 16.9 Å². The maximum Gasteiger partial charge on any atom is 0.202 e. The van der Waals surface area contributed by atoms with Crippen molar-refractivity contribution in [1.29, 1.82) is 5.26 Å². The Morgan fingerprint density at radius 1 is 1.10 bits per heavy atom. The second-order valence-electron chi connectivity index (χ2n) is 7.00. The molecule has 4 rings (SSSR count). The standard InChI is InChI=1S/C21H21FN6S/c1-15(27-12-3-2-4-13-27)19-25-26-21(28(19)18-9-7-17(22)8-10-18)29-20-16(14-23)6-5-11-24-20/h5-11,15H,2-4,12-13H2,1H3/t15-/m0/s1. The number of piperidine rings is 1. The fraction of sp³-hybridized carbons (Fsp3) is 0.333. The Bertz CT molecular complexity index is 1020. The number of nitriles is 1. The van der Waals surface area contributed by atoms with Crippen molar-refractivity contribution in [3.05, 3.63) is 59.8 Å². The number of hydrogen-bond donors (Lipinski definition) is 0. The van der Waals surface area contributed by atoms with E-state index in [1.54, 1.807) is 30.5 Å². The van der Waals surface area contributed by atoms with Gasteiger partial charge >= 0.3 is 0 Å². The number of halogens is 1. The van der Waals surface area contributed by atoms with Gasteiger partial charge in [-0.2, -0.15) is 5.26 Å². The predicted molar refractivity (Wildman–Crippen MR) is 108 cm³/mol. The quantitative estimate of drug-likeness (QED) is 0.624. The van der Waals surface area contributed by atoms with Crippen molar-refractivity contribution in [1.82, 2.24) is 24.6 Å². The Hall–Kier alpha value is -2.76. The molecule has 29 heavy (non-hydrogen) atoms. The molecular formula is C21H21FN6S. The first-order valence-electron chi connectivity index (χ1n) is 9.65. The van der Waals surface area contributed by atoms with E-state index in [9.17, 15) is 9.65 Å². The fourth-order valence-corrected chi connectivity index (χ4v) is 4.45. The van der Waals surface area contributed by atoms with E-state index < -0.39 is 0 Å².